The molecule has 2 amide bonds. The van der Waals surface area contributed by atoms with E-state index in [9.17, 15) is 19.5 Å². The Labute approximate surface area is 153 Å². The average molecular weight is 378 g/mol. The van der Waals surface area contributed by atoms with Crippen LogP contribution in [0.3, 0.4) is 0 Å². The zero-order valence-corrected chi connectivity index (χ0v) is 14.8. The van der Waals surface area contributed by atoms with Gasteiger partial charge in [0.05, 0.1) is 0 Å². The van der Waals surface area contributed by atoms with Crippen LogP contribution in [-0.2, 0) is 20.9 Å². The Morgan fingerprint density at radius 1 is 1.27 bits per heavy atom. The van der Waals surface area contributed by atoms with Crippen molar-refractivity contribution in [2.45, 2.75) is 32.4 Å². The average Bonchev–Trinajstić information content (AvgIpc) is 3.02. The number of aliphatic carboxylic acids is 1. The van der Waals surface area contributed by atoms with Crippen LogP contribution in [0.2, 0.25) is 0 Å². The molecule has 0 saturated carbocycles. The first kappa shape index (κ1) is 19.3. The van der Waals surface area contributed by atoms with Gasteiger partial charge in [-0.2, -0.15) is 4.37 Å². The normalized spacial score (nSPS) is 11.4. The summed E-state index contributed by atoms with van der Waals surface area (Å²) >= 11 is 1.03. The van der Waals surface area contributed by atoms with Gasteiger partial charge in [0.25, 0.3) is 0 Å². The number of nitrogens with zero attached hydrogens (tertiary/aromatic N) is 2. The third kappa shape index (κ3) is 6.48. The van der Waals surface area contributed by atoms with Crippen molar-refractivity contribution in [3.05, 3.63) is 41.7 Å². The second-order valence-electron chi connectivity index (χ2n) is 5.33. The van der Waals surface area contributed by atoms with Gasteiger partial charge in [0.1, 0.15) is 18.5 Å². The Bertz CT molecular complexity index is 765. The van der Waals surface area contributed by atoms with Crippen LogP contribution in [0.25, 0.3) is 0 Å². The fourth-order valence-electron chi connectivity index (χ4n) is 1.97. The van der Waals surface area contributed by atoms with Gasteiger partial charge < -0.3 is 20.5 Å². The number of aryl methyl sites for hydroxylation is 1. The van der Waals surface area contributed by atoms with Crippen molar-refractivity contribution in [2.75, 3.05) is 5.32 Å². The molecule has 1 atom stereocenters. The van der Waals surface area contributed by atoms with Crippen molar-refractivity contribution in [3.8, 4) is 0 Å². The molecule has 138 valence electrons. The number of aromatic nitrogens is 2. The highest BCUT2D eigenvalue weighted by Gasteiger charge is 2.22. The lowest BCUT2D eigenvalue weighted by atomic mass is 10.1. The second kappa shape index (κ2) is 9.47. The Balaban J connectivity index is 1.77. The molecule has 0 spiro atoms. The largest absolute Gasteiger partial charge is 0.480 e. The van der Waals surface area contributed by atoms with Gasteiger partial charge in [-0.15, -0.1) is 0 Å². The van der Waals surface area contributed by atoms with Crippen molar-refractivity contribution in [1.82, 2.24) is 14.7 Å². The molecule has 1 heterocycles. The summed E-state index contributed by atoms with van der Waals surface area (Å²) in [7, 11) is 0. The Morgan fingerprint density at radius 2 is 2.00 bits per heavy atom. The van der Waals surface area contributed by atoms with Crippen LogP contribution >= 0.6 is 11.5 Å². The molecule has 2 aromatic rings. The summed E-state index contributed by atoms with van der Waals surface area (Å²) in [6.07, 6.45) is -1.05. The minimum Gasteiger partial charge on any atom is -0.480 e. The summed E-state index contributed by atoms with van der Waals surface area (Å²) < 4.78 is 8.91. The number of benzene rings is 1. The maximum atomic E-state index is 11.8. The number of alkyl carbamates (subject to hydrolysis) is 1. The number of carboxylic acids is 1. The van der Waals surface area contributed by atoms with Crippen LogP contribution in [0.15, 0.2) is 30.3 Å². The molecule has 1 unspecified atom stereocenters. The number of carbonyl (C=O) groups is 3. The molecule has 2 rings (SSSR count). The van der Waals surface area contributed by atoms with Gasteiger partial charge in [0, 0.05) is 18.0 Å². The minimum absolute atomic E-state index is 0.0237. The highest BCUT2D eigenvalue weighted by Crippen LogP contribution is 2.11. The second-order valence-corrected chi connectivity index (χ2v) is 6.08. The molecular weight excluding hydrogens is 360 g/mol. The lowest BCUT2D eigenvalue weighted by Crippen LogP contribution is -2.41. The summed E-state index contributed by atoms with van der Waals surface area (Å²) in [5.74, 6) is -1.12. The van der Waals surface area contributed by atoms with E-state index < -0.39 is 24.0 Å². The molecule has 1 aromatic carbocycles. The molecule has 0 saturated heterocycles. The fourth-order valence-corrected chi connectivity index (χ4v) is 2.56. The number of anilines is 1. The van der Waals surface area contributed by atoms with Gasteiger partial charge in [-0.3, -0.25) is 4.79 Å². The predicted molar refractivity (Wildman–Crippen MR) is 93.7 cm³/mol. The standard InChI is InChI=1S/C16H18N4O5S/c1-10-17-15(26-20-10)19-13(21)8-7-12(14(22)23)18-16(24)25-9-11-5-3-2-4-6-11/h2-6,12H,7-9H2,1H3,(H,18,24)(H,22,23)(H,17,19,20,21). The van der Waals surface area contributed by atoms with E-state index in [0.717, 1.165) is 17.1 Å². The molecular formula is C16H18N4O5S. The molecule has 3 N–H and O–H groups in total. The zero-order valence-electron chi connectivity index (χ0n) is 14.0. The molecule has 10 heteroatoms. The van der Waals surface area contributed by atoms with Gasteiger partial charge >= 0.3 is 12.1 Å². The summed E-state index contributed by atoms with van der Waals surface area (Å²) in [5, 5.41) is 14.3. The van der Waals surface area contributed by atoms with Gasteiger partial charge in [-0.05, 0) is 18.9 Å². The van der Waals surface area contributed by atoms with E-state index in [0.29, 0.717) is 11.0 Å². The van der Waals surface area contributed by atoms with Crippen LogP contribution < -0.4 is 10.6 Å². The molecule has 9 nitrogen and oxygen atoms in total. The third-order valence-electron chi connectivity index (χ3n) is 3.24. The SMILES string of the molecule is Cc1nsc(NC(=O)CCC(NC(=O)OCc2ccccc2)C(=O)O)n1. The van der Waals surface area contributed by atoms with Crippen molar-refractivity contribution < 1.29 is 24.2 Å². The molecule has 0 aliphatic rings. The molecule has 26 heavy (non-hydrogen) atoms. The van der Waals surface area contributed by atoms with E-state index >= 15 is 0 Å². The maximum Gasteiger partial charge on any atom is 0.408 e. The molecule has 0 aliphatic carbocycles. The first-order chi connectivity index (χ1) is 12.4. The van der Waals surface area contributed by atoms with Gasteiger partial charge in [0.15, 0.2) is 0 Å². The van der Waals surface area contributed by atoms with Crippen molar-refractivity contribution in [3.63, 3.8) is 0 Å². The number of hydrogen-bond donors (Lipinski definition) is 3. The Kier molecular flexibility index (Phi) is 7.03. The summed E-state index contributed by atoms with van der Waals surface area (Å²) in [5.41, 5.74) is 0.779. The first-order valence-corrected chi connectivity index (χ1v) is 8.51. The van der Waals surface area contributed by atoms with Gasteiger partial charge in [-0.1, -0.05) is 30.3 Å². The van der Waals surface area contributed by atoms with E-state index in [1.807, 2.05) is 6.07 Å². The lowest BCUT2D eigenvalue weighted by Gasteiger charge is -2.14. The molecule has 0 aliphatic heterocycles. The van der Waals surface area contributed by atoms with E-state index in [1.165, 1.54) is 0 Å². The van der Waals surface area contributed by atoms with Crippen LogP contribution in [-0.4, -0.2) is 38.5 Å². The van der Waals surface area contributed by atoms with Crippen LogP contribution in [0.4, 0.5) is 9.93 Å². The predicted octanol–water partition coefficient (Wildman–Crippen LogP) is 1.94. The molecule has 0 fully saturated rings. The number of amides is 2. The summed E-state index contributed by atoms with van der Waals surface area (Å²) in [4.78, 5) is 38.8. The highest BCUT2D eigenvalue weighted by molar-refractivity contribution is 7.09. The van der Waals surface area contributed by atoms with Crippen molar-refractivity contribution >= 4 is 34.6 Å². The number of carbonyl (C=O) groups excluding carboxylic acids is 2. The monoisotopic (exact) mass is 378 g/mol. The van der Waals surface area contributed by atoms with Gasteiger partial charge in [-0.25, -0.2) is 14.6 Å². The van der Waals surface area contributed by atoms with E-state index in [1.54, 1.807) is 31.2 Å². The quantitative estimate of drug-likeness (QED) is 0.640. The minimum atomic E-state index is -1.25. The maximum absolute atomic E-state index is 11.8. The highest BCUT2D eigenvalue weighted by atomic mass is 32.1. The smallest absolute Gasteiger partial charge is 0.408 e. The number of rotatable bonds is 8. The van der Waals surface area contributed by atoms with Crippen LogP contribution in [0.1, 0.15) is 24.2 Å². The topological polar surface area (TPSA) is 131 Å². The molecule has 0 radical (unpaired) electrons. The first-order valence-electron chi connectivity index (χ1n) is 7.74. The summed E-state index contributed by atoms with van der Waals surface area (Å²) in [6.45, 7) is 1.72. The van der Waals surface area contributed by atoms with E-state index in [4.69, 9.17) is 4.74 Å². The number of ether oxygens (including phenoxy) is 1. The number of carboxylic acid groups (broad SMARTS) is 1. The van der Waals surface area contributed by atoms with Gasteiger partial charge in [0.2, 0.25) is 11.0 Å². The van der Waals surface area contributed by atoms with Crippen molar-refractivity contribution in [2.24, 2.45) is 0 Å². The zero-order chi connectivity index (χ0) is 18.9. The van der Waals surface area contributed by atoms with E-state index in [-0.39, 0.29) is 19.4 Å². The Hall–Kier alpha value is -3.01. The lowest BCUT2D eigenvalue weighted by molar-refractivity contribution is -0.139. The third-order valence-corrected chi connectivity index (χ3v) is 3.96. The molecule has 0 bridgehead atoms. The summed E-state index contributed by atoms with van der Waals surface area (Å²) in [6, 6.07) is 7.75. The van der Waals surface area contributed by atoms with Crippen molar-refractivity contribution in [1.29, 1.82) is 0 Å². The molecule has 1 aromatic heterocycles. The van der Waals surface area contributed by atoms with Crippen LogP contribution in [0, 0.1) is 6.92 Å². The number of nitrogens with one attached hydrogen (secondary N) is 2. The fraction of sp³-hybridized carbons (Fsp3) is 0.312. The van der Waals surface area contributed by atoms with Crippen LogP contribution in [0.5, 0.6) is 0 Å². The number of hydrogen-bond acceptors (Lipinski definition) is 7. The van der Waals surface area contributed by atoms with E-state index in [2.05, 4.69) is 20.0 Å². The Morgan fingerprint density at radius 3 is 2.62 bits per heavy atom.